The van der Waals surface area contributed by atoms with Gasteiger partial charge in [0.1, 0.15) is 4.90 Å². The lowest BCUT2D eigenvalue weighted by molar-refractivity contribution is 0.583. The van der Waals surface area contributed by atoms with E-state index in [9.17, 15) is 13.2 Å². The van der Waals surface area contributed by atoms with Crippen LogP contribution in [0.25, 0.3) is 0 Å². The zero-order valence-corrected chi connectivity index (χ0v) is 11.7. The van der Waals surface area contributed by atoms with Crippen LogP contribution in [0.5, 0.6) is 0 Å². The maximum atomic E-state index is 12.3. The summed E-state index contributed by atoms with van der Waals surface area (Å²) in [5.74, 6) is 0. The highest BCUT2D eigenvalue weighted by Gasteiger charge is 2.22. The summed E-state index contributed by atoms with van der Waals surface area (Å²) in [7, 11) is -3.96. The second-order valence-corrected chi connectivity index (χ2v) is 6.31. The number of thiol groups is 1. The molecule has 0 aliphatic carbocycles. The van der Waals surface area contributed by atoms with Crippen LogP contribution < -0.4 is 5.69 Å². The zero-order valence-electron chi connectivity index (χ0n) is 9.21. The van der Waals surface area contributed by atoms with E-state index in [0.29, 0.717) is 14.6 Å². The first kappa shape index (κ1) is 13.3. The van der Waals surface area contributed by atoms with Crippen LogP contribution in [0.15, 0.2) is 39.1 Å². The Bertz CT molecular complexity index is 762. The number of hydrogen-bond acceptors (Lipinski definition) is 4. The highest BCUT2D eigenvalue weighted by atomic mass is 35.5. The molecule has 1 N–H and O–H groups in total. The Morgan fingerprint density at radius 3 is 2.61 bits per heavy atom. The molecule has 0 saturated heterocycles. The Hall–Kier alpha value is -1.18. The molecule has 0 aliphatic heterocycles. The first-order valence-corrected chi connectivity index (χ1v) is 7.11. The number of halogens is 1. The fourth-order valence-corrected chi connectivity index (χ4v) is 3.59. The summed E-state index contributed by atoms with van der Waals surface area (Å²) in [6.45, 7) is 1.68. The van der Waals surface area contributed by atoms with Crippen LogP contribution in [0.3, 0.4) is 0 Å². The lowest BCUT2D eigenvalue weighted by Gasteiger charge is -2.09. The third-order valence-corrected chi connectivity index (χ3v) is 5.02. The maximum absolute atomic E-state index is 12.3. The molecule has 5 nitrogen and oxygen atoms in total. The Balaban J connectivity index is 2.74. The normalized spacial score (nSPS) is 11.7. The van der Waals surface area contributed by atoms with Crippen LogP contribution in [0.2, 0.25) is 5.02 Å². The number of benzene rings is 1. The van der Waals surface area contributed by atoms with Gasteiger partial charge in [-0.15, -0.1) is 12.6 Å². The molecule has 0 radical (unpaired) electrons. The number of hydrogen-bond donors (Lipinski definition) is 2. The molecule has 2 rings (SSSR count). The molecule has 1 aromatic carbocycles. The fraction of sp³-hybridized carbons (Fsp3) is 0.100. The van der Waals surface area contributed by atoms with E-state index < -0.39 is 15.7 Å². The summed E-state index contributed by atoms with van der Waals surface area (Å²) in [6, 6.07) is 2.82. The van der Waals surface area contributed by atoms with E-state index in [-0.39, 0.29) is 9.79 Å². The molecule has 0 aliphatic rings. The fourth-order valence-electron chi connectivity index (χ4n) is 1.45. The number of rotatable bonds is 2. The van der Waals surface area contributed by atoms with Crippen LogP contribution >= 0.6 is 24.2 Å². The first-order valence-electron chi connectivity index (χ1n) is 4.85. The smallest absolute Gasteiger partial charge is 0.312 e. The van der Waals surface area contributed by atoms with Crippen molar-refractivity contribution in [1.29, 1.82) is 0 Å². The lowest BCUT2D eigenvalue weighted by atomic mass is 10.2. The van der Waals surface area contributed by atoms with E-state index in [1.807, 2.05) is 0 Å². The van der Waals surface area contributed by atoms with Crippen molar-refractivity contribution in [3.05, 3.63) is 45.6 Å². The summed E-state index contributed by atoms with van der Waals surface area (Å²) in [6.07, 6.45) is 2.40. The molecule has 0 amide bonds. The average Bonchev–Trinajstić information content (AvgIpc) is 2.70. The maximum Gasteiger partial charge on any atom is 0.339 e. The van der Waals surface area contributed by atoms with Gasteiger partial charge in [-0.2, -0.15) is 3.97 Å². The molecule has 18 heavy (non-hydrogen) atoms. The van der Waals surface area contributed by atoms with Crippen molar-refractivity contribution in [1.82, 2.24) is 8.96 Å². The van der Waals surface area contributed by atoms with Gasteiger partial charge in [0.05, 0.1) is 0 Å². The average molecular weight is 305 g/mol. The molecular weight excluding hydrogens is 296 g/mol. The largest absolute Gasteiger partial charge is 0.339 e. The molecular formula is C10H9ClN2O3S2. The van der Waals surface area contributed by atoms with Gasteiger partial charge in [0, 0.05) is 22.3 Å². The van der Waals surface area contributed by atoms with Crippen LogP contribution in [0.4, 0.5) is 0 Å². The van der Waals surface area contributed by atoms with Crippen molar-refractivity contribution in [3.63, 3.8) is 0 Å². The molecule has 0 unspecified atom stereocenters. The van der Waals surface area contributed by atoms with Crippen molar-refractivity contribution in [2.75, 3.05) is 0 Å². The van der Waals surface area contributed by atoms with Crippen molar-refractivity contribution in [2.24, 2.45) is 0 Å². The molecule has 0 spiro atoms. The standard InChI is InChI=1S/C10H9ClN2O3S2/c1-6-4-9(8(17)5-7(6)11)18(15,16)13-3-2-12-10(13)14/h2-5,17H,1H3,(H,12,14). The molecule has 0 atom stereocenters. The summed E-state index contributed by atoms with van der Waals surface area (Å²) in [5.41, 5.74) is -0.132. The van der Waals surface area contributed by atoms with Crippen LogP contribution in [0.1, 0.15) is 5.56 Å². The lowest BCUT2D eigenvalue weighted by Crippen LogP contribution is -2.25. The Morgan fingerprint density at radius 2 is 2.06 bits per heavy atom. The molecule has 1 heterocycles. The van der Waals surface area contributed by atoms with Crippen LogP contribution in [-0.2, 0) is 10.0 Å². The van der Waals surface area contributed by atoms with Gasteiger partial charge < -0.3 is 4.98 Å². The van der Waals surface area contributed by atoms with Gasteiger partial charge in [0.15, 0.2) is 0 Å². The molecule has 0 saturated carbocycles. The van der Waals surface area contributed by atoms with Gasteiger partial charge >= 0.3 is 5.69 Å². The van der Waals surface area contributed by atoms with Gasteiger partial charge in [-0.3, -0.25) is 0 Å². The van der Waals surface area contributed by atoms with E-state index >= 15 is 0 Å². The molecule has 1 aromatic heterocycles. The van der Waals surface area contributed by atoms with Gasteiger partial charge in [-0.05, 0) is 24.6 Å². The number of H-pyrrole nitrogens is 1. The predicted octanol–water partition coefficient (Wildman–Crippen LogP) is 1.66. The van der Waals surface area contributed by atoms with Crippen molar-refractivity contribution in [2.45, 2.75) is 16.7 Å². The quantitative estimate of drug-likeness (QED) is 0.829. The number of nitrogens with one attached hydrogen (secondary N) is 1. The number of aromatic amines is 1. The second kappa shape index (κ2) is 4.49. The number of aromatic nitrogens is 2. The topological polar surface area (TPSA) is 71.9 Å². The number of aryl methyl sites for hydroxylation is 1. The van der Waals surface area contributed by atoms with Crippen LogP contribution in [0, 0.1) is 6.92 Å². The minimum Gasteiger partial charge on any atom is -0.312 e. The van der Waals surface area contributed by atoms with E-state index in [1.54, 1.807) is 6.92 Å². The molecule has 8 heteroatoms. The summed E-state index contributed by atoms with van der Waals surface area (Å²) < 4.78 is 25.1. The van der Waals surface area contributed by atoms with E-state index in [4.69, 9.17) is 11.6 Å². The first-order chi connectivity index (χ1) is 8.34. The zero-order chi connectivity index (χ0) is 13.5. The van der Waals surface area contributed by atoms with Crippen LogP contribution in [-0.4, -0.2) is 17.4 Å². The number of imidazole rings is 1. The highest BCUT2D eigenvalue weighted by Crippen LogP contribution is 2.27. The molecule has 2 aromatic rings. The molecule has 0 fully saturated rings. The van der Waals surface area contributed by atoms with E-state index in [0.717, 1.165) is 6.20 Å². The third-order valence-electron chi connectivity index (χ3n) is 2.39. The van der Waals surface area contributed by atoms with Gasteiger partial charge in [0.25, 0.3) is 10.0 Å². The van der Waals surface area contributed by atoms with Gasteiger partial charge in [-0.25, -0.2) is 13.2 Å². The Morgan fingerprint density at radius 1 is 1.39 bits per heavy atom. The van der Waals surface area contributed by atoms with E-state index in [2.05, 4.69) is 17.6 Å². The van der Waals surface area contributed by atoms with Crippen molar-refractivity contribution < 1.29 is 8.42 Å². The monoisotopic (exact) mass is 304 g/mol. The SMILES string of the molecule is Cc1cc(S(=O)(=O)n2cc[nH]c2=O)c(S)cc1Cl. The third kappa shape index (κ3) is 2.09. The Labute approximate surface area is 114 Å². The number of nitrogens with zero attached hydrogens (tertiary/aromatic N) is 1. The minimum atomic E-state index is -3.96. The minimum absolute atomic E-state index is 0.0607. The van der Waals surface area contributed by atoms with Crippen molar-refractivity contribution in [3.8, 4) is 0 Å². The molecule has 0 bridgehead atoms. The van der Waals surface area contributed by atoms with E-state index in [1.165, 1.54) is 18.3 Å². The molecule has 96 valence electrons. The Kier molecular flexibility index (Phi) is 3.31. The van der Waals surface area contributed by atoms with Crippen molar-refractivity contribution >= 4 is 34.3 Å². The van der Waals surface area contributed by atoms with Gasteiger partial charge in [-0.1, -0.05) is 11.6 Å². The predicted molar refractivity (Wildman–Crippen MR) is 71.1 cm³/mol. The van der Waals surface area contributed by atoms with Gasteiger partial charge in [0.2, 0.25) is 0 Å². The highest BCUT2D eigenvalue weighted by molar-refractivity contribution is 7.90. The second-order valence-electron chi connectivity index (χ2n) is 3.64. The summed E-state index contributed by atoms with van der Waals surface area (Å²) >= 11 is 9.96. The summed E-state index contributed by atoms with van der Waals surface area (Å²) in [5, 5.41) is 0.417. The summed E-state index contributed by atoms with van der Waals surface area (Å²) in [4.78, 5) is 13.8.